The lowest BCUT2D eigenvalue weighted by molar-refractivity contribution is -0.140. The van der Waals surface area contributed by atoms with Crippen molar-refractivity contribution < 1.29 is 35.9 Å². The average Bonchev–Trinajstić information content (AvgIpc) is 2.17. The Morgan fingerprint density at radius 1 is 1.28 bits per heavy atom. The van der Waals surface area contributed by atoms with Crippen LogP contribution in [0.25, 0.3) is 0 Å². The van der Waals surface area contributed by atoms with Crippen molar-refractivity contribution in [3.8, 4) is 5.75 Å². The molecular weight excluding hydrogens is 266 g/mol. The van der Waals surface area contributed by atoms with Gasteiger partial charge in [0, 0.05) is 0 Å². The Hall–Kier alpha value is -1.73. The molecule has 0 fully saturated rings. The number of halogens is 6. The lowest BCUT2D eigenvalue weighted by Gasteiger charge is -2.13. The minimum atomic E-state index is -5.07. The smallest absolute Gasteiger partial charge is 0.419 e. The highest BCUT2D eigenvalue weighted by molar-refractivity contribution is 5.97. The molecule has 0 heterocycles. The zero-order valence-electron chi connectivity index (χ0n) is 8.82. The third-order valence-corrected chi connectivity index (χ3v) is 1.97. The van der Waals surface area contributed by atoms with Gasteiger partial charge in [-0.05, 0) is 19.1 Å². The molecule has 0 spiro atoms. The monoisotopic (exact) mass is 272 g/mol. The number of hydrogen-bond donors (Lipinski definition) is 0. The zero-order valence-corrected chi connectivity index (χ0v) is 8.82. The molecule has 100 valence electrons. The van der Waals surface area contributed by atoms with Crippen molar-refractivity contribution in [3.05, 3.63) is 29.1 Å². The van der Waals surface area contributed by atoms with Crippen molar-refractivity contribution >= 4 is 5.78 Å². The van der Waals surface area contributed by atoms with Gasteiger partial charge < -0.3 is 4.74 Å². The van der Waals surface area contributed by atoms with Crippen LogP contribution in [0.3, 0.4) is 0 Å². The van der Waals surface area contributed by atoms with E-state index in [0.717, 1.165) is 6.92 Å². The fourth-order valence-corrected chi connectivity index (χ4v) is 1.24. The van der Waals surface area contributed by atoms with Gasteiger partial charge in [-0.3, -0.25) is 4.79 Å². The van der Waals surface area contributed by atoms with Crippen molar-refractivity contribution in [1.29, 1.82) is 0 Å². The Morgan fingerprint density at radius 2 is 1.83 bits per heavy atom. The van der Waals surface area contributed by atoms with Crippen molar-refractivity contribution in [2.45, 2.75) is 19.7 Å². The van der Waals surface area contributed by atoms with Crippen LogP contribution in [0.15, 0.2) is 12.1 Å². The van der Waals surface area contributed by atoms with Crippen LogP contribution in [0.5, 0.6) is 5.75 Å². The number of benzene rings is 1. The van der Waals surface area contributed by atoms with Crippen LogP contribution in [0.2, 0.25) is 0 Å². The second kappa shape index (κ2) is 4.87. The van der Waals surface area contributed by atoms with Crippen molar-refractivity contribution in [1.82, 2.24) is 0 Å². The molecule has 0 amide bonds. The first-order valence-electron chi connectivity index (χ1n) is 4.49. The second-order valence-electron chi connectivity index (χ2n) is 3.26. The summed E-state index contributed by atoms with van der Waals surface area (Å²) >= 11 is 0. The largest absolute Gasteiger partial charge is 0.434 e. The third kappa shape index (κ3) is 3.14. The first-order chi connectivity index (χ1) is 8.12. The van der Waals surface area contributed by atoms with E-state index >= 15 is 0 Å². The van der Waals surface area contributed by atoms with E-state index in [1.165, 1.54) is 0 Å². The lowest BCUT2D eigenvalue weighted by Crippen LogP contribution is -2.13. The highest BCUT2D eigenvalue weighted by Gasteiger charge is 2.36. The number of carbonyl (C=O) groups is 1. The molecule has 1 rings (SSSR count). The molecule has 2 nitrogen and oxygen atoms in total. The number of carbonyl (C=O) groups excluding carboxylic acids is 1. The first kappa shape index (κ1) is 14.3. The fourth-order valence-electron chi connectivity index (χ4n) is 1.24. The Labute approximate surface area is 97.2 Å². The predicted octanol–water partition coefficient (Wildman–Crippen LogP) is 3.65. The van der Waals surface area contributed by atoms with E-state index in [1.807, 2.05) is 0 Å². The van der Waals surface area contributed by atoms with Gasteiger partial charge in [0.2, 0.25) is 0 Å². The van der Waals surface area contributed by atoms with Gasteiger partial charge in [-0.25, -0.2) is 4.39 Å². The number of ether oxygens (including phenoxy) is 1. The normalized spacial score (nSPS) is 11.8. The summed E-state index contributed by atoms with van der Waals surface area (Å²) in [6.07, 6.45) is -5.07. The average molecular weight is 272 g/mol. The van der Waals surface area contributed by atoms with E-state index in [9.17, 15) is 31.1 Å². The predicted molar refractivity (Wildman–Crippen MR) is 48.0 cm³/mol. The molecule has 1 aromatic rings. The fraction of sp³-hybridized carbons (Fsp3) is 0.300. The van der Waals surface area contributed by atoms with Crippen LogP contribution in [0, 0.1) is 5.82 Å². The molecule has 1 aromatic carbocycles. The van der Waals surface area contributed by atoms with Crippen molar-refractivity contribution in [2.24, 2.45) is 0 Å². The van der Waals surface area contributed by atoms with Gasteiger partial charge in [0.05, 0.1) is 11.1 Å². The molecule has 0 aliphatic carbocycles. The molecular formula is C10H6F6O2. The van der Waals surface area contributed by atoms with Crippen LogP contribution in [0.1, 0.15) is 22.8 Å². The number of alkyl halides is 5. The molecule has 0 radical (unpaired) electrons. The molecule has 0 saturated carbocycles. The van der Waals surface area contributed by atoms with Gasteiger partial charge in [-0.2, -0.15) is 22.0 Å². The Bertz CT molecular complexity index is 466. The van der Waals surface area contributed by atoms with Gasteiger partial charge in [0.1, 0.15) is 11.6 Å². The quantitative estimate of drug-likeness (QED) is 0.620. The topological polar surface area (TPSA) is 26.3 Å². The summed E-state index contributed by atoms with van der Waals surface area (Å²) in [5.41, 5.74) is -2.45. The summed E-state index contributed by atoms with van der Waals surface area (Å²) in [4.78, 5) is 11.0. The standard InChI is InChI=1S/C10H6F6O2/c1-4(17)5-2-7(11)6(10(14,15)16)3-8(5)18-9(12)13/h2-3,9H,1H3. The highest BCUT2D eigenvalue weighted by atomic mass is 19.4. The van der Waals surface area contributed by atoms with Gasteiger partial charge in [0.25, 0.3) is 0 Å². The summed E-state index contributed by atoms with van der Waals surface area (Å²) < 4.78 is 77.8. The van der Waals surface area contributed by atoms with Crippen molar-refractivity contribution in [2.75, 3.05) is 0 Å². The molecule has 0 N–H and O–H groups in total. The number of ketones is 1. The molecule has 0 atom stereocenters. The molecule has 0 aliphatic rings. The third-order valence-electron chi connectivity index (χ3n) is 1.97. The molecule has 0 aromatic heterocycles. The minimum absolute atomic E-state index is 0.0399. The first-order valence-corrected chi connectivity index (χ1v) is 4.49. The minimum Gasteiger partial charge on any atom is -0.434 e. The van der Waals surface area contributed by atoms with E-state index in [1.54, 1.807) is 0 Å². The van der Waals surface area contributed by atoms with Gasteiger partial charge in [0.15, 0.2) is 5.78 Å². The van der Waals surface area contributed by atoms with E-state index < -0.39 is 41.3 Å². The summed E-state index contributed by atoms with van der Waals surface area (Å²) in [6, 6.07) is 0.265. The van der Waals surface area contributed by atoms with Crippen LogP contribution in [-0.2, 0) is 6.18 Å². The molecule has 0 unspecified atom stereocenters. The lowest BCUT2D eigenvalue weighted by atomic mass is 10.1. The maximum atomic E-state index is 13.1. The van der Waals surface area contributed by atoms with E-state index in [2.05, 4.69) is 4.74 Å². The highest BCUT2D eigenvalue weighted by Crippen LogP contribution is 2.36. The molecule has 18 heavy (non-hydrogen) atoms. The Kier molecular flexibility index (Phi) is 3.88. The Morgan fingerprint density at radius 3 is 2.22 bits per heavy atom. The van der Waals surface area contributed by atoms with E-state index in [4.69, 9.17) is 0 Å². The van der Waals surface area contributed by atoms with Crippen LogP contribution < -0.4 is 4.74 Å². The number of rotatable bonds is 3. The summed E-state index contributed by atoms with van der Waals surface area (Å²) in [6.45, 7) is -2.53. The molecule has 0 saturated heterocycles. The van der Waals surface area contributed by atoms with Crippen LogP contribution >= 0.6 is 0 Å². The zero-order chi connectivity index (χ0) is 14.1. The van der Waals surface area contributed by atoms with Gasteiger partial charge >= 0.3 is 12.8 Å². The van der Waals surface area contributed by atoms with Gasteiger partial charge in [-0.1, -0.05) is 0 Å². The molecule has 0 bridgehead atoms. The second-order valence-corrected chi connectivity index (χ2v) is 3.26. The summed E-state index contributed by atoms with van der Waals surface area (Å²) in [5.74, 6) is -3.63. The maximum Gasteiger partial charge on any atom is 0.419 e. The SMILES string of the molecule is CC(=O)c1cc(F)c(C(F)(F)F)cc1OC(F)F. The van der Waals surface area contributed by atoms with E-state index in [0.29, 0.717) is 0 Å². The van der Waals surface area contributed by atoms with Gasteiger partial charge in [-0.15, -0.1) is 0 Å². The molecule has 0 aliphatic heterocycles. The Balaban J connectivity index is 3.40. The number of Topliss-reactive ketones (excluding diaryl/α,β-unsaturated/α-hetero) is 1. The van der Waals surface area contributed by atoms with E-state index in [-0.39, 0.29) is 12.1 Å². The molecule has 8 heteroatoms. The summed E-state index contributed by atoms with van der Waals surface area (Å²) in [7, 11) is 0. The summed E-state index contributed by atoms with van der Waals surface area (Å²) in [5, 5.41) is 0. The van der Waals surface area contributed by atoms with Crippen LogP contribution in [-0.4, -0.2) is 12.4 Å². The number of hydrogen-bond acceptors (Lipinski definition) is 2. The van der Waals surface area contributed by atoms with Crippen LogP contribution in [0.4, 0.5) is 26.3 Å². The van der Waals surface area contributed by atoms with Crippen molar-refractivity contribution in [3.63, 3.8) is 0 Å². The maximum absolute atomic E-state index is 13.1.